The van der Waals surface area contributed by atoms with Crippen molar-refractivity contribution in [1.29, 1.82) is 0 Å². The second-order valence-electron chi connectivity index (χ2n) is 7.72. The van der Waals surface area contributed by atoms with Gasteiger partial charge in [-0.1, -0.05) is 19.1 Å². The van der Waals surface area contributed by atoms with Gasteiger partial charge in [0.05, 0.1) is 11.3 Å². The lowest BCUT2D eigenvalue weighted by Gasteiger charge is -2.28. The molecular formula is C21H31N3O2. The fourth-order valence-corrected chi connectivity index (χ4v) is 4.12. The highest BCUT2D eigenvalue weighted by Crippen LogP contribution is 2.25. The Morgan fingerprint density at radius 2 is 1.85 bits per heavy atom. The number of likely N-dealkylation sites (tertiary alicyclic amines) is 1. The van der Waals surface area contributed by atoms with Crippen LogP contribution in [0, 0.1) is 11.8 Å². The molecule has 1 aromatic carbocycles. The van der Waals surface area contributed by atoms with Crippen molar-refractivity contribution < 1.29 is 9.59 Å². The van der Waals surface area contributed by atoms with Gasteiger partial charge in [-0.2, -0.15) is 0 Å². The topological polar surface area (TPSA) is 61.4 Å². The summed E-state index contributed by atoms with van der Waals surface area (Å²) in [4.78, 5) is 27.3. The monoisotopic (exact) mass is 357 g/mol. The van der Waals surface area contributed by atoms with E-state index in [-0.39, 0.29) is 11.8 Å². The van der Waals surface area contributed by atoms with E-state index in [1.54, 1.807) is 0 Å². The molecule has 1 aromatic rings. The van der Waals surface area contributed by atoms with Crippen LogP contribution in [0.3, 0.4) is 0 Å². The number of hydrogen-bond donors (Lipinski definition) is 2. The highest BCUT2D eigenvalue weighted by atomic mass is 16.2. The van der Waals surface area contributed by atoms with E-state index in [0.717, 1.165) is 51.9 Å². The number of piperidine rings is 2. The van der Waals surface area contributed by atoms with Gasteiger partial charge in [0.15, 0.2) is 0 Å². The van der Waals surface area contributed by atoms with Crippen molar-refractivity contribution in [3.63, 3.8) is 0 Å². The van der Waals surface area contributed by atoms with Crippen molar-refractivity contribution >= 4 is 17.5 Å². The van der Waals surface area contributed by atoms with Gasteiger partial charge in [-0.25, -0.2) is 0 Å². The van der Waals surface area contributed by atoms with Gasteiger partial charge < -0.3 is 15.5 Å². The molecule has 142 valence electrons. The van der Waals surface area contributed by atoms with Crippen LogP contribution in [0.15, 0.2) is 24.3 Å². The minimum Gasteiger partial charge on any atom is -0.339 e. The molecule has 2 aliphatic heterocycles. The first kappa shape index (κ1) is 18.9. The number of carbonyl (C=O) groups excluding carboxylic acids is 2. The normalized spacial score (nSPS) is 19.8. The molecule has 5 nitrogen and oxygen atoms in total. The Morgan fingerprint density at radius 1 is 1.15 bits per heavy atom. The van der Waals surface area contributed by atoms with Crippen LogP contribution in [-0.2, 0) is 4.79 Å². The van der Waals surface area contributed by atoms with Gasteiger partial charge in [-0.15, -0.1) is 0 Å². The zero-order valence-corrected chi connectivity index (χ0v) is 15.8. The van der Waals surface area contributed by atoms with E-state index in [1.807, 2.05) is 29.2 Å². The lowest BCUT2D eigenvalue weighted by atomic mass is 9.84. The van der Waals surface area contributed by atoms with Gasteiger partial charge in [0.2, 0.25) is 5.91 Å². The number of anilines is 1. The molecule has 0 saturated carbocycles. The summed E-state index contributed by atoms with van der Waals surface area (Å²) in [6.45, 7) is 5.88. The molecule has 0 aliphatic carbocycles. The molecule has 2 saturated heterocycles. The molecule has 3 rings (SSSR count). The molecule has 0 aromatic heterocycles. The summed E-state index contributed by atoms with van der Waals surface area (Å²) in [5.41, 5.74) is 1.25. The largest absolute Gasteiger partial charge is 0.339 e. The van der Waals surface area contributed by atoms with Crippen molar-refractivity contribution in [2.75, 3.05) is 31.5 Å². The van der Waals surface area contributed by atoms with Crippen LogP contribution in [0.1, 0.15) is 55.8 Å². The average molecular weight is 357 g/mol. The van der Waals surface area contributed by atoms with Gasteiger partial charge >= 0.3 is 0 Å². The van der Waals surface area contributed by atoms with E-state index in [2.05, 4.69) is 17.6 Å². The summed E-state index contributed by atoms with van der Waals surface area (Å²) in [5, 5.41) is 6.37. The summed E-state index contributed by atoms with van der Waals surface area (Å²) in [6, 6.07) is 7.40. The Hall–Kier alpha value is -1.88. The summed E-state index contributed by atoms with van der Waals surface area (Å²) in [7, 11) is 0. The van der Waals surface area contributed by atoms with Crippen molar-refractivity contribution in [1.82, 2.24) is 10.2 Å². The molecule has 2 fully saturated rings. The quantitative estimate of drug-likeness (QED) is 0.850. The van der Waals surface area contributed by atoms with E-state index in [1.165, 1.54) is 6.42 Å². The number of para-hydroxylation sites is 1. The molecule has 0 spiro atoms. The maximum absolute atomic E-state index is 12.8. The fourth-order valence-electron chi connectivity index (χ4n) is 4.12. The van der Waals surface area contributed by atoms with Crippen LogP contribution in [-0.4, -0.2) is 42.9 Å². The van der Waals surface area contributed by atoms with Crippen LogP contribution in [0.5, 0.6) is 0 Å². The summed E-state index contributed by atoms with van der Waals surface area (Å²) < 4.78 is 0. The zero-order chi connectivity index (χ0) is 18.4. The first-order valence-electron chi connectivity index (χ1n) is 10.0. The van der Waals surface area contributed by atoms with E-state index in [0.29, 0.717) is 29.5 Å². The Balaban J connectivity index is 1.61. The first-order valence-corrected chi connectivity index (χ1v) is 10.0. The van der Waals surface area contributed by atoms with Crippen LogP contribution in [0.4, 0.5) is 5.69 Å². The van der Waals surface area contributed by atoms with E-state index in [4.69, 9.17) is 0 Å². The predicted molar refractivity (Wildman–Crippen MR) is 104 cm³/mol. The third kappa shape index (κ3) is 4.85. The summed E-state index contributed by atoms with van der Waals surface area (Å²) >= 11 is 0. The Morgan fingerprint density at radius 3 is 2.58 bits per heavy atom. The second kappa shape index (κ2) is 9.17. The lowest BCUT2D eigenvalue weighted by Crippen LogP contribution is -2.36. The second-order valence-corrected chi connectivity index (χ2v) is 7.72. The maximum Gasteiger partial charge on any atom is 0.255 e. The fraction of sp³-hybridized carbons (Fsp3) is 0.619. The molecule has 1 atom stereocenters. The van der Waals surface area contributed by atoms with Crippen molar-refractivity contribution in [3.8, 4) is 0 Å². The van der Waals surface area contributed by atoms with Crippen LogP contribution < -0.4 is 10.6 Å². The smallest absolute Gasteiger partial charge is 0.255 e. The number of benzene rings is 1. The SMILES string of the molecule is CC(CC(=O)Nc1ccccc1C(=O)N1CCCCC1)C1CCNCC1. The molecule has 0 radical (unpaired) electrons. The highest BCUT2D eigenvalue weighted by molar-refractivity contribution is 6.03. The van der Waals surface area contributed by atoms with Crippen LogP contribution >= 0.6 is 0 Å². The third-order valence-corrected chi connectivity index (χ3v) is 5.77. The molecular weight excluding hydrogens is 326 g/mol. The van der Waals surface area contributed by atoms with E-state index in [9.17, 15) is 9.59 Å². The number of amides is 2. The number of nitrogens with zero attached hydrogens (tertiary/aromatic N) is 1. The lowest BCUT2D eigenvalue weighted by molar-refractivity contribution is -0.117. The predicted octanol–water partition coefficient (Wildman–Crippen LogP) is 3.28. The number of rotatable bonds is 5. The van der Waals surface area contributed by atoms with Crippen LogP contribution in [0.2, 0.25) is 0 Å². The number of carbonyl (C=O) groups is 2. The van der Waals surface area contributed by atoms with Crippen LogP contribution in [0.25, 0.3) is 0 Å². The molecule has 2 aliphatic rings. The molecule has 2 amide bonds. The van der Waals surface area contributed by atoms with E-state index >= 15 is 0 Å². The van der Waals surface area contributed by atoms with Gasteiger partial charge in [0.1, 0.15) is 0 Å². The molecule has 0 bridgehead atoms. The van der Waals surface area contributed by atoms with Crippen molar-refractivity contribution in [2.45, 2.75) is 45.4 Å². The zero-order valence-electron chi connectivity index (χ0n) is 15.8. The van der Waals surface area contributed by atoms with E-state index < -0.39 is 0 Å². The first-order chi connectivity index (χ1) is 12.6. The van der Waals surface area contributed by atoms with Gasteiger partial charge in [0.25, 0.3) is 5.91 Å². The standard InChI is InChI=1S/C21H31N3O2/c1-16(17-9-11-22-12-10-17)15-20(25)23-19-8-4-3-7-18(19)21(26)24-13-5-2-6-14-24/h3-4,7-8,16-17,22H,2,5-6,9-15H2,1H3,(H,23,25). The molecule has 2 heterocycles. The van der Waals surface area contributed by atoms with Gasteiger partial charge in [-0.3, -0.25) is 9.59 Å². The molecule has 5 heteroatoms. The maximum atomic E-state index is 12.8. The molecule has 26 heavy (non-hydrogen) atoms. The van der Waals surface area contributed by atoms with Crippen molar-refractivity contribution in [3.05, 3.63) is 29.8 Å². The summed E-state index contributed by atoms with van der Waals surface area (Å²) in [6.07, 6.45) is 6.10. The number of hydrogen-bond acceptors (Lipinski definition) is 3. The minimum absolute atomic E-state index is 0.00919. The molecule has 1 unspecified atom stereocenters. The Kier molecular flexibility index (Phi) is 6.67. The number of nitrogens with one attached hydrogen (secondary N) is 2. The highest BCUT2D eigenvalue weighted by Gasteiger charge is 2.24. The van der Waals surface area contributed by atoms with Crippen molar-refractivity contribution in [2.24, 2.45) is 11.8 Å². The molecule has 2 N–H and O–H groups in total. The van der Waals surface area contributed by atoms with Gasteiger partial charge in [0, 0.05) is 19.5 Å². The Labute approximate surface area is 156 Å². The average Bonchev–Trinajstić information content (AvgIpc) is 2.69. The minimum atomic E-state index is 0.00919. The summed E-state index contributed by atoms with van der Waals surface area (Å²) in [5.74, 6) is 1.01. The third-order valence-electron chi connectivity index (χ3n) is 5.77. The van der Waals surface area contributed by atoms with Gasteiger partial charge in [-0.05, 0) is 69.2 Å². The Bertz CT molecular complexity index is 619.